The molecule has 1 unspecified atom stereocenters. The third-order valence-electron chi connectivity index (χ3n) is 5.09. The van der Waals surface area contributed by atoms with Gasteiger partial charge in [0.1, 0.15) is 5.54 Å². The number of amides is 5. The number of hydrogen-bond acceptors (Lipinski definition) is 4. The molecule has 0 aromatic rings. The highest BCUT2D eigenvalue weighted by Crippen LogP contribution is 2.28. The normalized spacial score (nSPS) is 26.3. The molecule has 3 saturated heterocycles. The molecular weight excluding hydrogens is 312 g/mol. The summed E-state index contributed by atoms with van der Waals surface area (Å²) in [5.41, 5.74) is -0.872. The first-order valence-corrected chi connectivity index (χ1v) is 8.51. The van der Waals surface area contributed by atoms with Gasteiger partial charge < -0.3 is 15.1 Å². The van der Waals surface area contributed by atoms with Crippen LogP contribution in [-0.2, 0) is 14.4 Å². The van der Waals surface area contributed by atoms with Crippen LogP contribution < -0.4 is 10.6 Å². The summed E-state index contributed by atoms with van der Waals surface area (Å²) in [7, 11) is 0. The molecule has 0 saturated carbocycles. The van der Waals surface area contributed by atoms with E-state index in [4.69, 9.17) is 0 Å². The second-order valence-corrected chi connectivity index (χ2v) is 7.41. The van der Waals surface area contributed by atoms with Crippen molar-refractivity contribution in [2.24, 2.45) is 11.8 Å². The Balaban J connectivity index is 1.57. The molecule has 1 atom stereocenters. The minimum Gasteiger partial charge on any atom is -0.342 e. The number of nitrogens with zero attached hydrogens (tertiary/aromatic N) is 2. The zero-order valence-electron chi connectivity index (χ0n) is 14.1. The van der Waals surface area contributed by atoms with Crippen molar-refractivity contribution in [1.82, 2.24) is 20.4 Å². The lowest BCUT2D eigenvalue weighted by Crippen LogP contribution is -2.56. The molecule has 0 aromatic heterocycles. The summed E-state index contributed by atoms with van der Waals surface area (Å²) < 4.78 is 0. The SMILES string of the molecule is CC(C)CN1CC(C(=O)N2CCC3(CC2)NC(=O)NC3=O)CC1=O. The van der Waals surface area contributed by atoms with E-state index in [1.54, 1.807) is 9.80 Å². The van der Waals surface area contributed by atoms with Gasteiger partial charge in [-0.2, -0.15) is 0 Å². The predicted molar refractivity (Wildman–Crippen MR) is 84.7 cm³/mol. The summed E-state index contributed by atoms with van der Waals surface area (Å²) in [6, 6.07) is -0.467. The number of rotatable bonds is 3. The van der Waals surface area contributed by atoms with Crippen LogP contribution >= 0.6 is 0 Å². The topological polar surface area (TPSA) is 98.8 Å². The molecule has 0 bridgehead atoms. The van der Waals surface area contributed by atoms with Crippen molar-refractivity contribution < 1.29 is 19.2 Å². The van der Waals surface area contributed by atoms with Crippen molar-refractivity contribution >= 4 is 23.8 Å². The Morgan fingerprint density at radius 2 is 1.92 bits per heavy atom. The Labute approximate surface area is 140 Å². The van der Waals surface area contributed by atoms with Crippen LogP contribution in [0, 0.1) is 11.8 Å². The summed E-state index contributed by atoms with van der Waals surface area (Å²) in [6.07, 6.45) is 1.09. The van der Waals surface area contributed by atoms with Gasteiger partial charge in [0.2, 0.25) is 11.8 Å². The minimum atomic E-state index is -0.872. The third-order valence-corrected chi connectivity index (χ3v) is 5.09. The monoisotopic (exact) mass is 336 g/mol. The van der Waals surface area contributed by atoms with Gasteiger partial charge in [0.15, 0.2) is 0 Å². The van der Waals surface area contributed by atoms with Crippen molar-refractivity contribution in [1.29, 1.82) is 0 Å². The van der Waals surface area contributed by atoms with Gasteiger partial charge in [0, 0.05) is 32.6 Å². The highest BCUT2D eigenvalue weighted by Gasteiger charge is 2.49. The van der Waals surface area contributed by atoms with Gasteiger partial charge in [0.05, 0.1) is 5.92 Å². The Morgan fingerprint density at radius 1 is 1.25 bits per heavy atom. The van der Waals surface area contributed by atoms with E-state index in [2.05, 4.69) is 10.6 Å². The molecule has 0 aliphatic carbocycles. The van der Waals surface area contributed by atoms with Crippen molar-refractivity contribution in [3.63, 3.8) is 0 Å². The smallest absolute Gasteiger partial charge is 0.322 e. The number of carbonyl (C=O) groups is 4. The zero-order valence-corrected chi connectivity index (χ0v) is 14.1. The molecule has 3 aliphatic heterocycles. The molecule has 2 N–H and O–H groups in total. The fourth-order valence-electron chi connectivity index (χ4n) is 3.80. The maximum absolute atomic E-state index is 12.7. The number of nitrogens with one attached hydrogen (secondary N) is 2. The molecule has 3 fully saturated rings. The zero-order chi connectivity index (χ0) is 17.5. The van der Waals surface area contributed by atoms with E-state index in [1.165, 1.54) is 0 Å². The van der Waals surface area contributed by atoms with E-state index < -0.39 is 11.6 Å². The molecule has 1 spiro atoms. The fourth-order valence-corrected chi connectivity index (χ4v) is 3.80. The van der Waals surface area contributed by atoms with E-state index in [9.17, 15) is 19.2 Å². The van der Waals surface area contributed by atoms with E-state index in [1.807, 2.05) is 13.8 Å². The lowest BCUT2D eigenvalue weighted by atomic mass is 9.87. The molecular formula is C16H24N4O4. The average Bonchev–Trinajstić information content (AvgIpc) is 2.99. The van der Waals surface area contributed by atoms with Crippen LogP contribution in [-0.4, -0.2) is 65.3 Å². The standard InChI is InChI=1S/C16H24N4O4/c1-10(2)8-20-9-11(7-12(20)21)13(22)19-5-3-16(4-6-19)14(23)17-15(24)18-16/h10-11H,3-9H2,1-2H3,(H2,17,18,23,24). The maximum Gasteiger partial charge on any atom is 0.322 e. The first-order chi connectivity index (χ1) is 11.3. The van der Waals surface area contributed by atoms with Crippen LogP contribution in [0.15, 0.2) is 0 Å². The van der Waals surface area contributed by atoms with Gasteiger partial charge in [-0.1, -0.05) is 13.8 Å². The van der Waals surface area contributed by atoms with Crippen LogP contribution in [0.2, 0.25) is 0 Å². The summed E-state index contributed by atoms with van der Waals surface area (Å²) in [5, 5.41) is 4.95. The number of imide groups is 1. The van der Waals surface area contributed by atoms with Gasteiger partial charge in [-0.05, 0) is 18.8 Å². The predicted octanol–water partition coefficient (Wildman–Crippen LogP) is -0.308. The second kappa shape index (κ2) is 6.07. The third kappa shape index (κ3) is 2.97. The fraction of sp³-hybridized carbons (Fsp3) is 0.750. The van der Waals surface area contributed by atoms with E-state index in [-0.39, 0.29) is 30.1 Å². The summed E-state index contributed by atoms with van der Waals surface area (Å²) in [6.45, 7) is 6.09. The lowest BCUT2D eigenvalue weighted by Gasteiger charge is -2.37. The molecule has 24 heavy (non-hydrogen) atoms. The van der Waals surface area contributed by atoms with E-state index in [0.29, 0.717) is 44.9 Å². The Bertz CT molecular complexity index is 581. The molecule has 0 radical (unpaired) electrons. The van der Waals surface area contributed by atoms with Crippen LogP contribution in [0.1, 0.15) is 33.1 Å². The van der Waals surface area contributed by atoms with Crippen molar-refractivity contribution in [2.75, 3.05) is 26.2 Å². The van der Waals surface area contributed by atoms with E-state index >= 15 is 0 Å². The number of likely N-dealkylation sites (tertiary alicyclic amines) is 2. The van der Waals surface area contributed by atoms with Gasteiger partial charge in [-0.15, -0.1) is 0 Å². The molecule has 132 valence electrons. The Hall–Kier alpha value is -2.12. The Kier molecular flexibility index (Phi) is 4.23. The number of carbonyl (C=O) groups excluding carboxylic acids is 4. The van der Waals surface area contributed by atoms with Gasteiger partial charge >= 0.3 is 6.03 Å². The molecule has 8 nitrogen and oxygen atoms in total. The molecule has 0 aromatic carbocycles. The van der Waals surface area contributed by atoms with Crippen LogP contribution in [0.3, 0.4) is 0 Å². The quantitative estimate of drug-likeness (QED) is 0.691. The number of hydrogen-bond donors (Lipinski definition) is 2. The average molecular weight is 336 g/mol. The molecule has 8 heteroatoms. The Morgan fingerprint density at radius 3 is 2.46 bits per heavy atom. The van der Waals surface area contributed by atoms with Crippen molar-refractivity contribution in [2.45, 2.75) is 38.6 Å². The van der Waals surface area contributed by atoms with Crippen LogP contribution in [0.5, 0.6) is 0 Å². The molecule has 5 amide bonds. The minimum absolute atomic E-state index is 0.0193. The van der Waals surface area contributed by atoms with Crippen LogP contribution in [0.4, 0.5) is 4.79 Å². The van der Waals surface area contributed by atoms with Gasteiger partial charge in [0.25, 0.3) is 5.91 Å². The van der Waals surface area contributed by atoms with Crippen molar-refractivity contribution in [3.05, 3.63) is 0 Å². The highest BCUT2D eigenvalue weighted by molar-refractivity contribution is 6.07. The van der Waals surface area contributed by atoms with Gasteiger partial charge in [-0.3, -0.25) is 19.7 Å². The van der Waals surface area contributed by atoms with Crippen molar-refractivity contribution in [3.8, 4) is 0 Å². The largest absolute Gasteiger partial charge is 0.342 e. The highest BCUT2D eigenvalue weighted by atomic mass is 16.2. The second-order valence-electron chi connectivity index (χ2n) is 7.41. The first kappa shape index (κ1) is 16.7. The molecule has 3 aliphatic rings. The number of piperidine rings is 1. The van der Waals surface area contributed by atoms with Crippen LogP contribution in [0.25, 0.3) is 0 Å². The lowest BCUT2D eigenvalue weighted by molar-refractivity contribution is -0.139. The number of urea groups is 1. The summed E-state index contributed by atoms with van der Waals surface area (Å²) in [4.78, 5) is 51.5. The maximum atomic E-state index is 12.7. The molecule has 3 heterocycles. The summed E-state index contributed by atoms with van der Waals surface area (Å²) in [5.74, 6) is -0.203. The first-order valence-electron chi connectivity index (χ1n) is 8.51. The van der Waals surface area contributed by atoms with Gasteiger partial charge in [-0.25, -0.2) is 4.79 Å². The summed E-state index contributed by atoms with van der Waals surface area (Å²) >= 11 is 0. The molecule has 3 rings (SSSR count). The van der Waals surface area contributed by atoms with E-state index in [0.717, 1.165) is 0 Å².